The lowest BCUT2D eigenvalue weighted by Crippen LogP contribution is -2.44. The smallest absolute Gasteiger partial charge is 0.319 e. The van der Waals surface area contributed by atoms with Crippen molar-refractivity contribution in [3.63, 3.8) is 0 Å². The topological polar surface area (TPSA) is 103 Å². The lowest BCUT2D eigenvalue weighted by Gasteiger charge is -2.34. The lowest BCUT2D eigenvalue weighted by atomic mass is 9.95. The number of rotatable bonds is 5. The van der Waals surface area contributed by atoms with Gasteiger partial charge in [-0.05, 0) is 57.4 Å². The fourth-order valence-electron chi connectivity index (χ4n) is 7.45. The van der Waals surface area contributed by atoms with E-state index in [0.29, 0.717) is 42.8 Å². The zero-order chi connectivity index (χ0) is 28.6. The molecular weight excluding hydrogens is 540 g/mol. The number of anilines is 2. The van der Waals surface area contributed by atoms with E-state index in [1.165, 1.54) is 0 Å². The number of hydrogen-bond donors (Lipinski definition) is 1. The number of hydrogen-bond acceptors (Lipinski definition) is 9. The van der Waals surface area contributed by atoms with E-state index >= 15 is 4.39 Å². The predicted octanol–water partition coefficient (Wildman–Crippen LogP) is 4.59. The van der Waals surface area contributed by atoms with Crippen molar-refractivity contribution in [1.82, 2.24) is 24.8 Å². The SMILES string of the molecule is Cc1ccc2nc(N)c(-c3ncc4c(N5CC6CCC(C5)O6)nc(OC[C@@]56CCCN5C[C@H](F)C6)nc4c3F)cc2c1. The molecule has 2 bridgehead atoms. The summed E-state index contributed by atoms with van der Waals surface area (Å²) in [4.78, 5) is 22.8. The van der Waals surface area contributed by atoms with Crippen LogP contribution in [0.3, 0.4) is 0 Å². The van der Waals surface area contributed by atoms with Crippen LogP contribution in [0, 0.1) is 12.7 Å². The monoisotopic (exact) mass is 573 g/mol. The number of pyridine rings is 2. The Morgan fingerprint density at radius 3 is 2.79 bits per heavy atom. The predicted molar refractivity (Wildman–Crippen MR) is 156 cm³/mol. The fraction of sp³-hybridized carbons (Fsp3) is 0.484. The first kappa shape index (κ1) is 26.0. The Hall–Kier alpha value is -3.70. The van der Waals surface area contributed by atoms with Crippen LogP contribution in [0.2, 0.25) is 0 Å². The van der Waals surface area contributed by atoms with Gasteiger partial charge in [0.2, 0.25) is 0 Å². The molecule has 9 nitrogen and oxygen atoms in total. The molecule has 4 saturated heterocycles. The molecule has 218 valence electrons. The maximum absolute atomic E-state index is 16.5. The van der Waals surface area contributed by atoms with E-state index < -0.39 is 12.0 Å². The summed E-state index contributed by atoms with van der Waals surface area (Å²) in [5.74, 6) is 0.155. The Morgan fingerprint density at radius 2 is 1.95 bits per heavy atom. The second-order valence-corrected chi connectivity index (χ2v) is 12.4. The van der Waals surface area contributed by atoms with Gasteiger partial charge < -0.3 is 20.1 Å². The van der Waals surface area contributed by atoms with Crippen LogP contribution >= 0.6 is 0 Å². The van der Waals surface area contributed by atoms with Gasteiger partial charge in [0.1, 0.15) is 35.6 Å². The molecule has 4 aliphatic heterocycles. The summed E-state index contributed by atoms with van der Waals surface area (Å²) in [7, 11) is 0. The van der Waals surface area contributed by atoms with Gasteiger partial charge in [-0.2, -0.15) is 9.97 Å². The van der Waals surface area contributed by atoms with Crippen molar-refractivity contribution in [2.24, 2.45) is 0 Å². The minimum absolute atomic E-state index is 0.0742. The number of ether oxygens (including phenoxy) is 2. The van der Waals surface area contributed by atoms with Gasteiger partial charge in [-0.1, -0.05) is 11.6 Å². The molecule has 4 aliphatic rings. The number of nitrogens with two attached hydrogens (primary N) is 1. The molecule has 11 heteroatoms. The van der Waals surface area contributed by atoms with Crippen molar-refractivity contribution in [2.75, 3.05) is 43.4 Å². The van der Waals surface area contributed by atoms with Crippen LogP contribution in [0.1, 0.15) is 37.7 Å². The number of aromatic nitrogens is 4. The van der Waals surface area contributed by atoms with E-state index in [2.05, 4.69) is 24.8 Å². The second kappa shape index (κ2) is 9.67. The number of nitrogen functional groups attached to an aromatic ring is 1. The molecular formula is C31H33F2N7O2. The molecule has 4 atom stereocenters. The maximum atomic E-state index is 16.5. The molecule has 2 unspecified atom stereocenters. The van der Waals surface area contributed by atoms with Gasteiger partial charge in [-0.3, -0.25) is 9.88 Å². The average Bonchev–Trinajstić information content (AvgIpc) is 3.62. The van der Waals surface area contributed by atoms with Crippen LogP contribution in [0.15, 0.2) is 30.5 Å². The first-order chi connectivity index (χ1) is 20.3. The van der Waals surface area contributed by atoms with Gasteiger partial charge in [-0.15, -0.1) is 0 Å². The van der Waals surface area contributed by atoms with Crippen molar-refractivity contribution in [3.05, 3.63) is 41.8 Å². The molecule has 4 fully saturated rings. The Labute approximate surface area is 242 Å². The van der Waals surface area contributed by atoms with Crippen molar-refractivity contribution in [1.29, 1.82) is 0 Å². The number of alkyl halides is 1. The molecule has 42 heavy (non-hydrogen) atoms. The summed E-state index contributed by atoms with van der Waals surface area (Å²) in [5, 5.41) is 1.35. The standard InChI is InChI=1S/C31H33F2N7O2/c1-17-3-6-24-18(9-17)10-22(28(34)36-24)26-25(33)27-23(12-35-26)29(39-14-20-4-5-21(15-39)42-20)38-30(37-27)41-16-31-7-2-8-40(31)13-19(32)11-31/h3,6,9-10,12,19-21H,2,4-5,7-8,11,13-16H2,1H3,(H2,34,36)/t19-,20?,21?,31+/m1/s1. The first-order valence-corrected chi connectivity index (χ1v) is 14.8. The molecule has 1 aromatic carbocycles. The third-order valence-electron chi connectivity index (χ3n) is 9.47. The summed E-state index contributed by atoms with van der Waals surface area (Å²) in [6, 6.07) is 7.75. The largest absolute Gasteiger partial charge is 0.461 e. The van der Waals surface area contributed by atoms with E-state index in [9.17, 15) is 4.39 Å². The van der Waals surface area contributed by atoms with E-state index in [0.717, 1.165) is 48.7 Å². The van der Waals surface area contributed by atoms with E-state index in [1.54, 1.807) is 6.20 Å². The molecule has 2 N–H and O–H groups in total. The van der Waals surface area contributed by atoms with Gasteiger partial charge in [0, 0.05) is 43.2 Å². The highest BCUT2D eigenvalue weighted by molar-refractivity contribution is 5.94. The minimum atomic E-state index is -0.873. The Kier molecular flexibility index (Phi) is 5.98. The second-order valence-electron chi connectivity index (χ2n) is 12.4. The third-order valence-corrected chi connectivity index (χ3v) is 9.47. The Morgan fingerprint density at radius 1 is 1.12 bits per heavy atom. The van der Waals surface area contributed by atoms with Crippen LogP contribution in [0.5, 0.6) is 6.01 Å². The molecule has 0 spiro atoms. The summed E-state index contributed by atoms with van der Waals surface area (Å²) >= 11 is 0. The number of morpholine rings is 1. The highest BCUT2D eigenvalue weighted by atomic mass is 19.1. The van der Waals surface area contributed by atoms with Crippen molar-refractivity contribution in [3.8, 4) is 17.3 Å². The first-order valence-electron chi connectivity index (χ1n) is 14.8. The molecule has 0 aliphatic carbocycles. The molecule has 8 rings (SSSR count). The molecule has 7 heterocycles. The van der Waals surface area contributed by atoms with Crippen molar-refractivity contribution >= 4 is 33.4 Å². The number of fused-ring (bicyclic) bond motifs is 5. The maximum Gasteiger partial charge on any atom is 0.319 e. The quantitative estimate of drug-likeness (QED) is 0.367. The fourth-order valence-corrected chi connectivity index (χ4v) is 7.45. The highest BCUT2D eigenvalue weighted by Gasteiger charge is 2.49. The highest BCUT2D eigenvalue weighted by Crippen LogP contribution is 2.41. The molecule has 0 amide bonds. The van der Waals surface area contributed by atoms with Crippen LogP contribution in [0.4, 0.5) is 20.4 Å². The van der Waals surface area contributed by atoms with Crippen molar-refractivity contribution in [2.45, 2.75) is 62.9 Å². The van der Waals surface area contributed by atoms with Crippen LogP contribution in [0.25, 0.3) is 33.1 Å². The lowest BCUT2D eigenvalue weighted by molar-refractivity contribution is 0.0302. The van der Waals surface area contributed by atoms with Crippen LogP contribution in [-0.2, 0) is 4.74 Å². The molecule has 0 saturated carbocycles. The van der Waals surface area contributed by atoms with E-state index in [4.69, 9.17) is 20.2 Å². The van der Waals surface area contributed by atoms with E-state index in [-0.39, 0.29) is 47.4 Å². The van der Waals surface area contributed by atoms with Crippen LogP contribution in [-0.4, -0.2) is 81.5 Å². The van der Waals surface area contributed by atoms with Crippen molar-refractivity contribution < 1.29 is 18.3 Å². The summed E-state index contributed by atoms with van der Waals surface area (Å²) < 4.78 is 43.2. The van der Waals surface area contributed by atoms with Gasteiger partial charge >= 0.3 is 6.01 Å². The number of halogens is 2. The normalized spacial score (nSPS) is 27.3. The third kappa shape index (κ3) is 4.24. The zero-order valence-electron chi connectivity index (χ0n) is 23.5. The number of aryl methyl sites for hydroxylation is 1. The number of benzene rings is 1. The molecule has 0 radical (unpaired) electrons. The van der Waals surface area contributed by atoms with E-state index in [1.807, 2.05) is 31.2 Å². The average molecular weight is 574 g/mol. The van der Waals surface area contributed by atoms with Crippen LogP contribution < -0.4 is 15.4 Å². The zero-order valence-corrected chi connectivity index (χ0v) is 23.5. The summed E-state index contributed by atoms with van der Waals surface area (Å²) in [5.41, 5.74) is 8.33. The van der Waals surface area contributed by atoms with Gasteiger partial charge in [-0.25, -0.2) is 13.8 Å². The van der Waals surface area contributed by atoms with Gasteiger partial charge in [0.15, 0.2) is 5.82 Å². The summed E-state index contributed by atoms with van der Waals surface area (Å²) in [6.45, 7) is 4.82. The Balaban J connectivity index is 1.23. The molecule has 3 aromatic heterocycles. The van der Waals surface area contributed by atoms with Gasteiger partial charge in [0.05, 0.1) is 28.6 Å². The molecule has 4 aromatic rings. The van der Waals surface area contributed by atoms with Gasteiger partial charge in [0.25, 0.3) is 0 Å². The Bertz CT molecular complexity index is 1710. The minimum Gasteiger partial charge on any atom is -0.461 e. The number of nitrogens with zero attached hydrogens (tertiary/aromatic N) is 6. The summed E-state index contributed by atoms with van der Waals surface area (Å²) in [6.07, 6.45) is 5.21.